The van der Waals surface area contributed by atoms with E-state index in [-0.39, 0.29) is 12.0 Å². The predicted octanol–water partition coefficient (Wildman–Crippen LogP) is 4.35. The van der Waals surface area contributed by atoms with Gasteiger partial charge in [-0.05, 0) is 31.9 Å². The molecular formula is C21H27N3O3S. The van der Waals surface area contributed by atoms with Crippen molar-refractivity contribution in [1.29, 1.82) is 0 Å². The van der Waals surface area contributed by atoms with Crippen LogP contribution in [0.2, 0.25) is 0 Å². The molecule has 150 valence electrons. The topological polar surface area (TPSA) is 75.7 Å². The highest BCUT2D eigenvalue weighted by atomic mass is 32.2. The first-order chi connectivity index (χ1) is 13.7. The van der Waals surface area contributed by atoms with E-state index in [1.54, 1.807) is 11.8 Å². The van der Waals surface area contributed by atoms with Gasteiger partial charge in [-0.2, -0.15) is 0 Å². The zero-order valence-corrected chi connectivity index (χ0v) is 17.2. The second-order valence-corrected chi connectivity index (χ2v) is 8.36. The highest BCUT2D eigenvalue weighted by molar-refractivity contribution is 8.14. The van der Waals surface area contributed by atoms with Crippen LogP contribution in [0.3, 0.4) is 0 Å². The minimum absolute atomic E-state index is 0.0195. The summed E-state index contributed by atoms with van der Waals surface area (Å²) in [5, 5.41) is 5.78. The second kappa shape index (κ2) is 8.47. The van der Waals surface area contributed by atoms with E-state index in [9.17, 15) is 4.79 Å². The highest BCUT2D eigenvalue weighted by Gasteiger charge is 2.24. The molecule has 0 saturated heterocycles. The predicted molar refractivity (Wildman–Crippen MR) is 115 cm³/mol. The maximum atomic E-state index is 11.5. The minimum Gasteiger partial charge on any atom is -0.494 e. The number of aliphatic imine (C=N–C) groups is 1. The smallest absolute Gasteiger partial charge is 0.307 e. The molecule has 1 fully saturated rings. The number of thioether (sulfide) groups is 1. The Morgan fingerprint density at radius 3 is 2.89 bits per heavy atom. The number of rotatable bonds is 7. The number of aromatic amines is 1. The van der Waals surface area contributed by atoms with Crippen molar-refractivity contribution in [2.75, 3.05) is 24.8 Å². The van der Waals surface area contributed by atoms with E-state index >= 15 is 0 Å². The van der Waals surface area contributed by atoms with Gasteiger partial charge in [-0.25, -0.2) is 0 Å². The average Bonchev–Trinajstić information content (AvgIpc) is 3.42. The molecular weight excluding hydrogens is 374 g/mol. The zero-order valence-electron chi connectivity index (χ0n) is 16.4. The lowest BCUT2D eigenvalue weighted by molar-refractivity contribution is -0.140. The summed E-state index contributed by atoms with van der Waals surface area (Å²) in [6.07, 6.45) is 5.33. The van der Waals surface area contributed by atoms with Crippen molar-refractivity contribution < 1.29 is 14.3 Å². The van der Waals surface area contributed by atoms with Crippen molar-refractivity contribution in [3.05, 3.63) is 23.9 Å². The lowest BCUT2D eigenvalue weighted by Gasteiger charge is -2.15. The van der Waals surface area contributed by atoms with Crippen LogP contribution >= 0.6 is 11.8 Å². The van der Waals surface area contributed by atoms with Crippen molar-refractivity contribution >= 4 is 39.4 Å². The second-order valence-electron chi connectivity index (χ2n) is 7.36. The molecule has 2 aromatic rings. The summed E-state index contributed by atoms with van der Waals surface area (Å²) in [4.78, 5) is 19.8. The monoisotopic (exact) mass is 401 g/mol. The molecule has 2 heterocycles. The Balaban J connectivity index is 1.63. The van der Waals surface area contributed by atoms with Gasteiger partial charge < -0.3 is 19.8 Å². The molecule has 2 N–H and O–H groups in total. The van der Waals surface area contributed by atoms with Gasteiger partial charge in [-0.1, -0.05) is 12.8 Å². The van der Waals surface area contributed by atoms with Gasteiger partial charge in [0.25, 0.3) is 0 Å². The number of carbonyl (C=O) groups excluding carboxylic acids is 1. The molecule has 1 aliphatic carbocycles. The molecule has 0 unspecified atom stereocenters. The van der Waals surface area contributed by atoms with Crippen LogP contribution in [0.4, 0.5) is 5.69 Å². The summed E-state index contributed by atoms with van der Waals surface area (Å²) in [6, 6.07) is 6.80. The van der Waals surface area contributed by atoms with Crippen LogP contribution in [0.1, 0.15) is 44.7 Å². The molecule has 0 radical (unpaired) electrons. The Bertz CT molecular complexity index is 886. The molecule has 7 heteroatoms. The fraction of sp³-hybridized carbons (Fsp3) is 0.524. The first-order valence-electron chi connectivity index (χ1n) is 10.00. The molecule has 2 aliphatic rings. The van der Waals surface area contributed by atoms with Crippen LogP contribution in [0.15, 0.2) is 23.2 Å². The number of carbonyl (C=O) groups is 1. The molecule has 0 spiro atoms. The molecule has 1 aliphatic heterocycles. The number of anilines is 1. The van der Waals surface area contributed by atoms with E-state index in [1.165, 1.54) is 32.8 Å². The van der Waals surface area contributed by atoms with E-state index in [0.717, 1.165) is 38.8 Å². The number of hydrogen-bond donors (Lipinski definition) is 2. The number of fused-ring (bicyclic) bond motifs is 1. The summed E-state index contributed by atoms with van der Waals surface area (Å²) in [5.74, 6) is 1.47. The molecule has 28 heavy (non-hydrogen) atoms. The molecule has 1 aromatic carbocycles. The van der Waals surface area contributed by atoms with E-state index < -0.39 is 0 Å². The fourth-order valence-electron chi connectivity index (χ4n) is 3.93. The van der Waals surface area contributed by atoms with Crippen molar-refractivity contribution in [1.82, 2.24) is 4.98 Å². The Kier molecular flexibility index (Phi) is 5.80. The van der Waals surface area contributed by atoms with Crippen LogP contribution < -0.4 is 10.1 Å². The van der Waals surface area contributed by atoms with Crippen LogP contribution in [-0.2, 0) is 9.53 Å². The largest absolute Gasteiger partial charge is 0.494 e. The lowest BCUT2D eigenvalue weighted by atomic mass is 10.1. The third-order valence-corrected chi connectivity index (χ3v) is 6.45. The Morgan fingerprint density at radius 2 is 2.14 bits per heavy atom. The SMILES string of the molecule is CCOc1cc(NC2CCCC2)c2[nH]c(C3=N[C@@H](CC(=O)OC)CS3)cc2c1. The van der Waals surface area contributed by atoms with E-state index in [2.05, 4.69) is 28.5 Å². The molecule has 6 nitrogen and oxygen atoms in total. The first kappa shape index (κ1) is 19.2. The summed E-state index contributed by atoms with van der Waals surface area (Å²) < 4.78 is 10.6. The average molecular weight is 402 g/mol. The Morgan fingerprint density at radius 1 is 1.32 bits per heavy atom. The molecule has 1 saturated carbocycles. The van der Waals surface area contributed by atoms with Crippen molar-refractivity contribution in [3.63, 3.8) is 0 Å². The first-order valence-corrected chi connectivity index (χ1v) is 11.0. The molecule has 0 bridgehead atoms. The zero-order chi connectivity index (χ0) is 19.5. The number of benzene rings is 1. The van der Waals surface area contributed by atoms with Crippen molar-refractivity contribution in [2.45, 2.75) is 51.1 Å². The fourth-order valence-corrected chi connectivity index (χ4v) is 4.96. The number of hydrogen-bond acceptors (Lipinski definition) is 6. The van der Waals surface area contributed by atoms with Gasteiger partial charge in [0.05, 0.1) is 43.1 Å². The highest BCUT2D eigenvalue weighted by Crippen LogP contribution is 2.34. The van der Waals surface area contributed by atoms with Crippen LogP contribution in [-0.4, -0.2) is 47.6 Å². The van der Waals surface area contributed by atoms with Crippen molar-refractivity contribution in [3.8, 4) is 5.75 Å². The number of H-pyrrole nitrogens is 1. The van der Waals surface area contributed by atoms with Gasteiger partial charge >= 0.3 is 5.97 Å². The third kappa shape index (κ3) is 4.14. The molecule has 1 aromatic heterocycles. The van der Waals surface area contributed by atoms with E-state index in [1.807, 2.05) is 6.92 Å². The van der Waals surface area contributed by atoms with Gasteiger partial charge in [-0.15, -0.1) is 11.8 Å². The maximum absolute atomic E-state index is 11.5. The molecule has 0 amide bonds. The number of nitrogens with one attached hydrogen (secondary N) is 2. The molecule has 1 atom stereocenters. The number of methoxy groups -OCH3 is 1. The van der Waals surface area contributed by atoms with Crippen LogP contribution in [0.25, 0.3) is 10.9 Å². The van der Waals surface area contributed by atoms with E-state index in [0.29, 0.717) is 19.1 Å². The Hall–Kier alpha value is -2.15. The lowest BCUT2D eigenvalue weighted by Crippen LogP contribution is -2.14. The third-order valence-electron chi connectivity index (χ3n) is 5.30. The number of nitrogens with zero attached hydrogens (tertiary/aromatic N) is 1. The quantitative estimate of drug-likeness (QED) is 0.675. The van der Waals surface area contributed by atoms with Gasteiger partial charge in [-0.3, -0.25) is 9.79 Å². The van der Waals surface area contributed by atoms with Gasteiger partial charge in [0.1, 0.15) is 10.8 Å². The standard InChI is InChI=1S/C21H27N3O3S/c1-3-27-16-8-13-9-18(21-23-15(12-28-21)10-19(25)26-2)24-20(13)17(11-16)22-14-6-4-5-7-14/h8-9,11,14-15,22,24H,3-7,10,12H2,1-2H3/t15-/m0/s1. The number of aromatic nitrogens is 1. The van der Waals surface area contributed by atoms with E-state index in [4.69, 9.17) is 14.5 Å². The summed E-state index contributed by atoms with van der Waals surface area (Å²) >= 11 is 1.68. The van der Waals surface area contributed by atoms with Crippen LogP contribution in [0.5, 0.6) is 5.75 Å². The van der Waals surface area contributed by atoms with Crippen LogP contribution in [0, 0.1) is 0 Å². The minimum atomic E-state index is -0.211. The van der Waals surface area contributed by atoms with Gasteiger partial charge in [0.2, 0.25) is 0 Å². The summed E-state index contributed by atoms with van der Waals surface area (Å²) in [6.45, 7) is 2.64. The summed E-state index contributed by atoms with van der Waals surface area (Å²) in [5.41, 5.74) is 3.18. The summed E-state index contributed by atoms with van der Waals surface area (Å²) in [7, 11) is 1.42. The number of ether oxygens (including phenoxy) is 2. The normalized spacial score (nSPS) is 19.8. The Labute approximate surface area is 169 Å². The maximum Gasteiger partial charge on any atom is 0.307 e. The van der Waals surface area contributed by atoms with Gasteiger partial charge in [0, 0.05) is 23.2 Å². The number of esters is 1. The van der Waals surface area contributed by atoms with Crippen molar-refractivity contribution in [2.24, 2.45) is 4.99 Å². The van der Waals surface area contributed by atoms with Gasteiger partial charge in [0.15, 0.2) is 0 Å². The molecule has 4 rings (SSSR count).